The third-order valence-corrected chi connectivity index (χ3v) is 7.41. The van der Waals surface area contributed by atoms with Gasteiger partial charge in [-0.25, -0.2) is 5.43 Å². The van der Waals surface area contributed by atoms with Gasteiger partial charge in [-0.05, 0) is 42.3 Å². The molecule has 154 valence electrons. The fourth-order valence-corrected chi connectivity index (χ4v) is 5.62. The van der Waals surface area contributed by atoms with Gasteiger partial charge in [0.1, 0.15) is 5.75 Å². The fraction of sp³-hybridized carbons (Fsp3) is 0.333. The van der Waals surface area contributed by atoms with Crippen LogP contribution in [0.4, 0.5) is 0 Å². The maximum Gasteiger partial charge on any atom is 0.277 e. The number of nitrogens with zero attached hydrogens (tertiary/aromatic N) is 1. The lowest BCUT2D eigenvalue weighted by molar-refractivity contribution is -0.123. The second-order valence-corrected chi connectivity index (χ2v) is 9.01. The molecule has 0 bridgehead atoms. The van der Waals surface area contributed by atoms with Crippen LogP contribution in [0.5, 0.6) is 17.2 Å². The Morgan fingerprint density at radius 1 is 1.14 bits per heavy atom. The molecule has 1 saturated heterocycles. The van der Waals surface area contributed by atoms with Crippen LogP contribution >= 0.6 is 23.5 Å². The van der Waals surface area contributed by atoms with Gasteiger partial charge < -0.3 is 14.2 Å². The monoisotopic (exact) mass is 432 g/mol. The van der Waals surface area contributed by atoms with E-state index in [4.69, 9.17) is 14.2 Å². The maximum absolute atomic E-state index is 12.0. The molecule has 6 nitrogen and oxygen atoms in total. The number of aryl methyl sites for hydroxylation is 1. The zero-order chi connectivity index (χ0) is 20.6. The summed E-state index contributed by atoms with van der Waals surface area (Å²) in [5, 5.41) is 4.01. The predicted octanol–water partition coefficient (Wildman–Crippen LogP) is 4.02. The molecule has 1 amide bonds. The molecule has 1 heterocycles. The average Bonchev–Trinajstić information content (AvgIpc) is 3.28. The van der Waals surface area contributed by atoms with Crippen LogP contribution in [0.15, 0.2) is 41.5 Å². The summed E-state index contributed by atoms with van der Waals surface area (Å²) < 4.78 is 16.6. The number of benzene rings is 2. The summed E-state index contributed by atoms with van der Waals surface area (Å²) in [5.41, 5.74) is 5.53. The highest BCUT2D eigenvalue weighted by atomic mass is 32.2. The Bertz CT molecular complexity index is 866. The molecule has 1 aliphatic rings. The van der Waals surface area contributed by atoms with Crippen molar-refractivity contribution in [2.24, 2.45) is 5.10 Å². The topological polar surface area (TPSA) is 69.2 Å². The van der Waals surface area contributed by atoms with Crippen LogP contribution in [-0.4, -0.2) is 44.5 Å². The molecule has 0 atom stereocenters. The van der Waals surface area contributed by atoms with E-state index in [1.807, 2.05) is 54.7 Å². The number of methoxy groups -OCH3 is 2. The van der Waals surface area contributed by atoms with E-state index in [-0.39, 0.29) is 12.5 Å². The Hall–Kier alpha value is -2.32. The highest BCUT2D eigenvalue weighted by Gasteiger charge is 2.18. The van der Waals surface area contributed by atoms with E-state index in [1.165, 1.54) is 17.1 Å². The van der Waals surface area contributed by atoms with Gasteiger partial charge in [-0.15, -0.1) is 23.5 Å². The van der Waals surface area contributed by atoms with E-state index >= 15 is 0 Å². The van der Waals surface area contributed by atoms with E-state index in [9.17, 15) is 4.79 Å². The van der Waals surface area contributed by atoms with Gasteiger partial charge in [0.05, 0.1) is 25.0 Å². The standard InChI is InChI=1S/C21H24N2O4S2/c1-14-10-18(25-2)19(26-3)11-16(14)12-22-23-20(24)13-27-17-6-4-15(5-7-17)21-28-8-9-29-21/h4-7,10-12,21H,8-9,13H2,1-3H3,(H,23,24)/b22-12-. The fourth-order valence-electron chi connectivity index (χ4n) is 2.76. The molecule has 0 saturated carbocycles. The first-order valence-corrected chi connectivity index (χ1v) is 11.2. The summed E-state index contributed by atoms with van der Waals surface area (Å²) in [7, 11) is 3.16. The zero-order valence-corrected chi connectivity index (χ0v) is 18.3. The van der Waals surface area contributed by atoms with Crippen molar-refractivity contribution in [3.63, 3.8) is 0 Å². The van der Waals surface area contributed by atoms with E-state index in [2.05, 4.69) is 22.7 Å². The van der Waals surface area contributed by atoms with Crippen molar-refractivity contribution in [1.29, 1.82) is 0 Å². The first-order valence-electron chi connectivity index (χ1n) is 9.11. The second-order valence-electron chi connectivity index (χ2n) is 6.29. The van der Waals surface area contributed by atoms with Crippen LogP contribution in [0.1, 0.15) is 21.3 Å². The quantitative estimate of drug-likeness (QED) is 0.502. The normalized spacial score (nSPS) is 14.2. The van der Waals surface area contributed by atoms with Crippen molar-refractivity contribution in [2.75, 3.05) is 32.3 Å². The number of rotatable bonds is 8. The summed E-state index contributed by atoms with van der Waals surface area (Å²) in [6, 6.07) is 11.6. The Balaban J connectivity index is 1.49. The smallest absolute Gasteiger partial charge is 0.277 e. The summed E-state index contributed by atoms with van der Waals surface area (Å²) >= 11 is 3.92. The van der Waals surface area contributed by atoms with Crippen LogP contribution in [0, 0.1) is 6.92 Å². The van der Waals surface area contributed by atoms with Crippen LogP contribution < -0.4 is 19.6 Å². The number of hydrogen-bond acceptors (Lipinski definition) is 7. The minimum Gasteiger partial charge on any atom is -0.493 e. The Morgan fingerprint density at radius 2 is 1.79 bits per heavy atom. The Kier molecular flexibility index (Phi) is 7.71. The minimum absolute atomic E-state index is 0.103. The number of amides is 1. The van der Waals surface area contributed by atoms with E-state index in [0.29, 0.717) is 21.8 Å². The number of hydrogen-bond donors (Lipinski definition) is 1. The second kappa shape index (κ2) is 10.5. The third-order valence-electron chi connectivity index (χ3n) is 4.31. The molecule has 1 aliphatic heterocycles. The number of nitrogens with one attached hydrogen (secondary N) is 1. The summed E-state index contributed by atoms with van der Waals surface area (Å²) in [4.78, 5) is 12.0. The van der Waals surface area contributed by atoms with Crippen molar-refractivity contribution in [2.45, 2.75) is 11.5 Å². The molecule has 8 heteroatoms. The molecule has 0 aliphatic carbocycles. The lowest BCUT2D eigenvalue weighted by Crippen LogP contribution is -2.24. The highest BCUT2D eigenvalue weighted by molar-refractivity contribution is 8.19. The van der Waals surface area contributed by atoms with E-state index in [0.717, 1.165) is 11.1 Å². The van der Waals surface area contributed by atoms with Gasteiger partial charge >= 0.3 is 0 Å². The lowest BCUT2D eigenvalue weighted by atomic mass is 10.1. The van der Waals surface area contributed by atoms with Crippen molar-refractivity contribution >= 4 is 35.6 Å². The van der Waals surface area contributed by atoms with E-state index in [1.54, 1.807) is 20.4 Å². The molecule has 29 heavy (non-hydrogen) atoms. The Morgan fingerprint density at radius 3 is 2.45 bits per heavy atom. The van der Waals surface area contributed by atoms with Crippen LogP contribution in [0.3, 0.4) is 0 Å². The van der Waals surface area contributed by atoms with Gasteiger partial charge in [0.25, 0.3) is 5.91 Å². The molecule has 0 spiro atoms. The Labute approximate surface area is 179 Å². The molecule has 1 fully saturated rings. The molecule has 2 aromatic carbocycles. The van der Waals surface area contributed by atoms with Gasteiger partial charge in [0.2, 0.25) is 0 Å². The van der Waals surface area contributed by atoms with Gasteiger partial charge in [-0.2, -0.15) is 5.10 Å². The van der Waals surface area contributed by atoms with Crippen molar-refractivity contribution in [3.8, 4) is 17.2 Å². The molecular weight excluding hydrogens is 408 g/mol. The van der Waals surface area contributed by atoms with Gasteiger partial charge in [0.15, 0.2) is 18.1 Å². The summed E-state index contributed by atoms with van der Waals surface area (Å²) in [5.74, 6) is 3.97. The third kappa shape index (κ3) is 5.83. The molecule has 0 aromatic heterocycles. The lowest BCUT2D eigenvalue weighted by Gasteiger charge is -2.10. The first-order chi connectivity index (χ1) is 14.1. The maximum atomic E-state index is 12.0. The minimum atomic E-state index is -0.328. The van der Waals surface area contributed by atoms with Crippen molar-refractivity contribution in [1.82, 2.24) is 5.43 Å². The predicted molar refractivity (Wildman–Crippen MR) is 120 cm³/mol. The largest absolute Gasteiger partial charge is 0.493 e. The summed E-state index contributed by atoms with van der Waals surface area (Å²) in [6.45, 7) is 1.83. The van der Waals surface area contributed by atoms with Crippen LogP contribution in [0.25, 0.3) is 0 Å². The number of hydrazone groups is 1. The number of carbonyl (C=O) groups excluding carboxylic acids is 1. The number of ether oxygens (including phenoxy) is 3. The van der Waals surface area contributed by atoms with Gasteiger partial charge in [-0.1, -0.05) is 12.1 Å². The van der Waals surface area contributed by atoms with Crippen LogP contribution in [0.2, 0.25) is 0 Å². The van der Waals surface area contributed by atoms with Gasteiger partial charge in [-0.3, -0.25) is 4.79 Å². The number of carbonyl (C=O) groups is 1. The van der Waals surface area contributed by atoms with Crippen LogP contribution in [-0.2, 0) is 4.79 Å². The molecule has 0 unspecified atom stereocenters. The van der Waals surface area contributed by atoms with Crippen molar-refractivity contribution in [3.05, 3.63) is 53.1 Å². The molecular formula is C21H24N2O4S2. The average molecular weight is 433 g/mol. The first kappa shape index (κ1) is 21.4. The molecule has 2 aromatic rings. The zero-order valence-electron chi connectivity index (χ0n) is 16.6. The van der Waals surface area contributed by atoms with Crippen molar-refractivity contribution < 1.29 is 19.0 Å². The van der Waals surface area contributed by atoms with E-state index < -0.39 is 0 Å². The number of thioether (sulfide) groups is 2. The molecule has 0 radical (unpaired) electrons. The molecule has 1 N–H and O–H groups in total. The SMILES string of the molecule is COc1cc(C)c(/C=N\NC(=O)COc2ccc(C3SCCS3)cc2)cc1OC. The highest BCUT2D eigenvalue weighted by Crippen LogP contribution is 2.45. The summed E-state index contributed by atoms with van der Waals surface area (Å²) in [6.07, 6.45) is 1.57. The van der Waals surface area contributed by atoms with Gasteiger partial charge in [0, 0.05) is 17.1 Å². The molecule has 3 rings (SSSR count).